The van der Waals surface area contributed by atoms with Crippen LogP contribution in [0, 0.1) is 11.7 Å². The molecule has 1 N–H and O–H groups in total. The largest absolute Gasteiger partial charge is 0.326 e. The number of nitrogens with zero attached hydrogens (tertiary/aromatic N) is 4. The Hall–Kier alpha value is -4.07. The van der Waals surface area contributed by atoms with Gasteiger partial charge < -0.3 is 10.2 Å². The van der Waals surface area contributed by atoms with E-state index >= 15 is 0 Å². The quantitative estimate of drug-likeness (QED) is 0.553. The second-order valence-electron chi connectivity index (χ2n) is 7.40. The Bertz CT molecular complexity index is 1250. The number of benzene rings is 2. The molecular weight excluding hydrogens is 397 g/mol. The van der Waals surface area contributed by atoms with E-state index in [-0.39, 0.29) is 30.6 Å². The average molecular weight is 415 g/mol. The van der Waals surface area contributed by atoms with Gasteiger partial charge in [-0.05, 0) is 42.5 Å². The van der Waals surface area contributed by atoms with Crippen LogP contribution in [0.15, 0.2) is 73.2 Å². The normalized spacial score (nSPS) is 16.1. The molecule has 0 aliphatic carbocycles. The van der Waals surface area contributed by atoms with Crippen LogP contribution in [0.5, 0.6) is 0 Å². The molecule has 5 rings (SSSR count). The SMILES string of the molecule is O=C(Nc1cccc(-c2cn3cccnc3n2)c1)[C@H]1CC(=O)N(c2ccc(F)cc2)C1. The summed E-state index contributed by atoms with van der Waals surface area (Å²) in [7, 11) is 0. The lowest BCUT2D eigenvalue weighted by Crippen LogP contribution is -2.28. The van der Waals surface area contributed by atoms with Crippen molar-refractivity contribution in [2.24, 2.45) is 5.92 Å². The van der Waals surface area contributed by atoms with Gasteiger partial charge in [-0.25, -0.2) is 14.4 Å². The Morgan fingerprint density at radius 1 is 1.13 bits per heavy atom. The number of halogens is 1. The van der Waals surface area contributed by atoms with E-state index in [4.69, 9.17) is 0 Å². The van der Waals surface area contributed by atoms with Gasteiger partial charge in [0, 0.05) is 48.5 Å². The number of anilines is 2. The summed E-state index contributed by atoms with van der Waals surface area (Å²) in [6, 6.07) is 14.9. The number of carbonyl (C=O) groups excluding carboxylic acids is 2. The Balaban J connectivity index is 1.31. The van der Waals surface area contributed by atoms with Gasteiger partial charge in [-0.15, -0.1) is 0 Å². The van der Waals surface area contributed by atoms with Crippen LogP contribution in [0.4, 0.5) is 15.8 Å². The summed E-state index contributed by atoms with van der Waals surface area (Å²) in [5.41, 5.74) is 2.80. The first-order chi connectivity index (χ1) is 15.1. The van der Waals surface area contributed by atoms with Gasteiger partial charge in [-0.3, -0.25) is 14.0 Å². The summed E-state index contributed by atoms with van der Waals surface area (Å²) < 4.78 is 15.0. The summed E-state index contributed by atoms with van der Waals surface area (Å²) in [6.45, 7) is 0.258. The van der Waals surface area contributed by atoms with Crippen LogP contribution < -0.4 is 10.2 Å². The maximum absolute atomic E-state index is 13.2. The molecule has 0 radical (unpaired) electrons. The van der Waals surface area contributed by atoms with Crippen molar-refractivity contribution in [3.8, 4) is 11.3 Å². The Labute approximate surface area is 177 Å². The van der Waals surface area contributed by atoms with Gasteiger partial charge in [0.05, 0.1) is 11.6 Å². The molecule has 1 saturated heterocycles. The minimum Gasteiger partial charge on any atom is -0.326 e. The van der Waals surface area contributed by atoms with Gasteiger partial charge in [0.1, 0.15) is 5.82 Å². The third-order valence-electron chi connectivity index (χ3n) is 5.30. The van der Waals surface area contributed by atoms with E-state index in [1.165, 1.54) is 17.0 Å². The molecule has 2 aromatic heterocycles. The number of aromatic nitrogens is 3. The molecule has 0 spiro atoms. The van der Waals surface area contributed by atoms with Crippen LogP contribution in [-0.4, -0.2) is 32.7 Å². The smallest absolute Gasteiger partial charge is 0.234 e. The topological polar surface area (TPSA) is 79.6 Å². The second kappa shape index (κ2) is 7.64. The first-order valence-corrected chi connectivity index (χ1v) is 9.84. The zero-order valence-electron chi connectivity index (χ0n) is 16.4. The number of carbonyl (C=O) groups is 2. The van der Waals surface area contributed by atoms with Crippen molar-refractivity contribution in [3.63, 3.8) is 0 Å². The fourth-order valence-corrected chi connectivity index (χ4v) is 3.72. The summed E-state index contributed by atoms with van der Waals surface area (Å²) >= 11 is 0. The number of rotatable bonds is 4. The van der Waals surface area contributed by atoms with E-state index in [0.717, 1.165) is 11.3 Å². The van der Waals surface area contributed by atoms with Crippen LogP contribution >= 0.6 is 0 Å². The Kier molecular flexibility index (Phi) is 4.66. The number of hydrogen-bond donors (Lipinski definition) is 1. The molecule has 3 heterocycles. The van der Waals surface area contributed by atoms with Gasteiger partial charge in [0.15, 0.2) is 0 Å². The van der Waals surface area contributed by atoms with Crippen molar-refractivity contribution in [3.05, 3.63) is 79.0 Å². The van der Waals surface area contributed by atoms with Crippen molar-refractivity contribution in [1.82, 2.24) is 14.4 Å². The number of nitrogens with one attached hydrogen (secondary N) is 1. The van der Waals surface area contributed by atoms with Crippen LogP contribution in [0.3, 0.4) is 0 Å². The third kappa shape index (κ3) is 3.75. The van der Waals surface area contributed by atoms with Crippen molar-refractivity contribution in [2.45, 2.75) is 6.42 Å². The molecule has 1 aliphatic rings. The maximum atomic E-state index is 13.2. The van der Waals surface area contributed by atoms with E-state index < -0.39 is 5.92 Å². The molecule has 1 aliphatic heterocycles. The zero-order chi connectivity index (χ0) is 21.4. The second-order valence-corrected chi connectivity index (χ2v) is 7.40. The molecule has 1 fully saturated rings. The highest BCUT2D eigenvalue weighted by Gasteiger charge is 2.35. The van der Waals surface area contributed by atoms with E-state index in [1.54, 1.807) is 24.4 Å². The Morgan fingerprint density at radius 2 is 1.97 bits per heavy atom. The average Bonchev–Trinajstić information content (AvgIpc) is 3.38. The van der Waals surface area contributed by atoms with Crippen molar-refractivity contribution >= 4 is 29.0 Å². The lowest BCUT2D eigenvalue weighted by molar-refractivity contribution is -0.122. The molecular formula is C23H18FN5O2. The highest BCUT2D eigenvalue weighted by Crippen LogP contribution is 2.27. The number of amides is 2. The molecule has 1 atom stereocenters. The highest BCUT2D eigenvalue weighted by atomic mass is 19.1. The third-order valence-corrected chi connectivity index (χ3v) is 5.30. The summed E-state index contributed by atoms with van der Waals surface area (Å²) in [5, 5.41) is 2.90. The van der Waals surface area contributed by atoms with Crippen molar-refractivity contribution < 1.29 is 14.0 Å². The van der Waals surface area contributed by atoms with Gasteiger partial charge in [-0.2, -0.15) is 0 Å². The zero-order valence-corrected chi connectivity index (χ0v) is 16.4. The predicted molar refractivity (Wildman–Crippen MR) is 114 cm³/mol. The first kappa shape index (κ1) is 18.9. The highest BCUT2D eigenvalue weighted by molar-refractivity contribution is 6.03. The monoisotopic (exact) mass is 415 g/mol. The van der Waals surface area contributed by atoms with E-state index in [2.05, 4.69) is 15.3 Å². The molecule has 0 saturated carbocycles. The van der Waals surface area contributed by atoms with E-state index in [0.29, 0.717) is 17.2 Å². The van der Waals surface area contributed by atoms with Gasteiger partial charge in [-0.1, -0.05) is 12.1 Å². The fraction of sp³-hybridized carbons (Fsp3) is 0.130. The Morgan fingerprint density at radius 3 is 2.77 bits per heavy atom. The predicted octanol–water partition coefficient (Wildman–Crippen LogP) is 3.53. The molecule has 154 valence electrons. The van der Waals surface area contributed by atoms with Crippen molar-refractivity contribution in [2.75, 3.05) is 16.8 Å². The minimum absolute atomic E-state index is 0.112. The fourth-order valence-electron chi connectivity index (χ4n) is 3.72. The lowest BCUT2D eigenvalue weighted by Gasteiger charge is -2.16. The lowest BCUT2D eigenvalue weighted by atomic mass is 10.1. The van der Waals surface area contributed by atoms with Crippen LogP contribution in [0.2, 0.25) is 0 Å². The molecule has 8 heteroatoms. The standard InChI is InChI=1S/C23H18FN5O2/c24-17-5-7-19(8-6-17)29-13-16(12-21(29)30)22(31)26-18-4-1-3-15(11-18)20-14-28-10-2-9-25-23(28)27-20/h1-11,14,16H,12-13H2,(H,26,31)/t16-/m0/s1. The molecule has 7 nitrogen and oxygen atoms in total. The number of fused-ring (bicyclic) bond motifs is 1. The van der Waals surface area contributed by atoms with E-state index in [9.17, 15) is 14.0 Å². The number of imidazole rings is 1. The van der Waals surface area contributed by atoms with Crippen LogP contribution in [0.1, 0.15) is 6.42 Å². The molecule has 2 amide bonds. The molecule has 4 aromatic rings. The number of hydrogen-bond acceptors (Lipinski definition) is 4. The summed E-state index contributed by atoms with van der Waals surface area (Å²) in [5.74, 6) is -0.645. The van der Waals surface area contributed by atoms with Crippen molar-refractivity contribution in [1.29, 1.82) is 0 Å². The first-order valence-electron chi connectivity index (χ1n) is 9.84. The molecule has 0 bridgehead atoms. The summed E-state index contributed by atoms with van der Waals surface area (Å²) in [4.78, 5) is 35.4. The van der Waals surface area contributed by atoms with Crippen LogP contribution in [-0.2, 0) is 9.59 Å². The maximum Gasteiger partial charge on any atom is 0.234 e. The molecule has 2 aromatic carbocycles. The summed E-state index contributed by atoms with van der Waals surface area (Å²) in [6.07, 6.45) is 5.54. The van der Waals surface area contributed by atoms with E-state index in [1.807, 2.05) is 41.1 Å². The van der Waals surface area contributed by atoms with Gasteiger partial charge in [0.25, 0.3) is 0 Å². The van der Waals surface area contributed by atoms with Gasteiger partial charge >= 0.3 is 0 Å². The molecule has 0 unspecified atom stereocenters. The minimum atomic E-state index is -0.486. The van der Waals surface area contributed by atoms with Crippen LogP contribution in [0.25, 0.3) is 17.0 Å². The molecule has 31 heavy (non-hydrogen) atoms. The van der Waals surface area contributed by atoms with Gasteiger partial charge in [0.2, 0.25) is 17.6 Å².